The van der Waals surface area contributed by atoms with Gasteiger partial charge in [0.15, 0.2) is 0 Å². The minimum absolute atomic E-state index is 0.180. The van der Waals surface area contributed by atoms with Gasteiger partial charge in [-0.3, -0.25) is 0 Å². The van der Waals surface area contributed by atoms with Gasteiger partial charge in [0.25, 0.3) is 0 Å². The first-order chi connectivity index (χ1) is 13.4. The van der Waals surface area contributed by atoms with Crippen LogP contribution in [0.25, 0.3) is 0 Å². The van der Waals surface area contributed by atoms with Gasteiger partial charge in [-0.05, 0) is 63.7 Å². The Hall–Kier alpha value is -1.10. The second kappa shape index (κ2) is 14.8. The maximum Gasteiger partial charge on any atom is 0.141 e. The number of hydrogen-bond donors (Lipinski definition) is 0. The zero-order chi connectivity index (χ0) is 20.8. The summed E-state index contributed by atoms with van der Waals surface area (Å²) in [4.78, 5) is 5.19. The molecule has 0 atom stereocenters. The van der Waals surface area contributed by atoms with E-state index in [1.807, 2.05) is 19.9 Å². The van der Waals surface area contributed by atoms with E-state index in [9.17, 15) is 0 Å². The van der Waals surface area contributed by atoms with Crippen molar-refractivity contribution in [3.8, 4) is 11.5 Å². The topological polar surface area (TPSA) is 40.0 Å². The minimum atomic E-state index is 0.180. The smallest absolute Gasteiger partial charge is 0.141 e. The van der Waals surface area contributed by atoms with Crippen molar-refractivity contribution >= 4 is 40.5 Å². The van der Waals surface area contributed by atoms with Gasteiger partial charge in [0.2, 0.25) is 0 Å². The van der Waals surface area contributed by atoms with E-state index >= 15 is 0 Å². The average molecular weight is 451 g/mol. The van der Waals surface area contributed by atoms with Gasteiger partial charge in [0.05, 0.1) is 17.3 Å². The van der Waals surface area contributed by atoms with E-state index in [2.05, 4.69) is 12.1 Å². The average Bonchev–Trinajstić information content (AvgIpc) is 2.61. The van der Waals surface area contributed by atoms with E-state index in [1.54, 1.807) is 12.1 Å². The Balaban J connectivity index is 2.46. The third kappa shape index (κ3) is 11.0. The summed E-state index contributed by atoms with van der Waals surface area (Å²) < 4.78 is 11.8. The summed E-state index contributed by atoms with van der Waals surface area (Å²) in [7, 11) is 0. The highest BCUT2D eigenvalue weighted by Gasteiger charge is 2.11. The van der Waals surface area contributed by atoms with Crippen molar-refractivity contribution < 1.29 is 14.3 Å². The Kier molecular flexibility index (Phi) is 13.2. The van der Waals surface area contributed by atoms with Crippen molar-refractivity contribution in [1.82, 2.24) is 0 Å². The fourth-order valence-electron chi connectivity index (χ4n) is 2.49. The number of unbranched alkanes of at least 4 members (excludes halogenated alkanes) is 3. The largest absolute Gasteiger partial charge is 0.492 e. The summed E-state index contributed by atoms with van der Waals surface area (Å²) in [6.07, 6.45) is 7.56. The zero-order valence-corrected chi connectivity index (χ0v) is 19.2. The Bertz CT molecular complexity index is 640. The molecule has 28 heavy (non-hydrogen) atoms. The highest BCUT2D eigenvalue weighted by atomic mass is 35.5. The molecule has 0 unspecified atom stereocenters. The number of nitrogens with zero attached hydrogens (tertiary/aromatic N) is 1. The molecule has 0 saturated heterocycles. The molecule has 1 rings (SSSR count). The second-order valence-electron chi connectivity index (χ2n) is 6.58. The van der Waals surface area contributed by atoms with Crippen LogP contribution >= 0.6 is 34.8 Å². The lowest BCUT2D eigenvalue weighted by Crippen LogP contribution is -2.03. The molecule has 0 N–H and O–H groups in total. The van der Waals surface area contributed by atoms with Crippen molar-refractivity contribution in [3.63, 3.8) is 0 Å². The van der Waals surface area contributed by atoms with Crippen molar-refractivity contribution in [3.05, 3.63) is 33.3 Å². The molecule has 0 aromatic heterocycles. The van der Waals surface area contributed by atoms with Crippen LogP contribution in [0.1, 0.15) is 58.4 Å². The van der Waals surface area contributed by atoms with E-state index in [4.69, 9.17) is 49.1 Å². The van der Waals surface area contributed by atoms with Crippen LogP contribution in [-0.2, 0) is 11.3 Å². The molecular weight excluding hydrogens is 421 g/mol. The van der Waals surface area contributed by atoms with Gasteiger partial charge in [-0.25, -0.2) is 0 Å². The first-order valence-corrected chi connectivity index (χ1v) is 10.8. The highest BCUT2D eigenvalue weighted by molar-refractivity contribution is 6.55. The van der Waals surface area contributed by atoms with E-state index < -0.39 is 0 Å². The standard InChI is InChI=1S/C21H30Cl3NO3/c1-4-9-17-14-18(26-13-10-20(23)24)15-19(22)21(17)27-11-7-5-6-8-12-28-25-16(2)3/h10,14-15H,4-9,11-13H2,1-3H3. The molecule has 1 aromatic rings. The zero-order valence-electron chi connectivity index (χ0n) is 16.9. The van der Waals surface area contributed by atoms with Crippen LogP contribution < -0.4 is 9.47 Å². The van der Waals surface area contributed by atoms with Crippen LogP contribution in [0.2, 0.25) is 5.02 Å². The molecule has 0 saturated carbocycles. The van der Waals surface area contributed by atoms with Gasteiger partial charge in [-0.15, -0.1) is 0 Å². The lowest BCUT2D eigenvalue weighted by molar-refractivity contribution is 0.139. The van der Waals surface area contributed by atoms with Gasteiger partial charge in [-0.2, -0.15) is 0 Å². The predicted molar refractivity (Wildman–Crippen MR) is 119 cm³/mol. The summed E-state index contributed by atoms with van der Waals surface area (Å²) in [5.41, 5.74) is 1.98. The van der Waals surface area contributed by atoms with Crippen LogP contribution in [0.5, 0.6) is 11.5 Å². The molecule has 0 aliphatic heterocycles. The Morgan fingerprint density at radius 1 is 1.04 bits per heavy atom. The summed E-state index contributed by atoms with van der Waals surface area (Å²) >= 11 is 17.6. The normalized spacial score (nSPS) is 10.4. The molecule has 0 heterocycles. The van der Waals surface area contributed by atoms with Crippen LogP contribution in [0.15, 0.2) is 27.9 Å². The maximum atomic E-state index is 6.43. The molecule has 0 aliphatic carbocycles. The highest BCUT2D eigenvalue weighted by Crippen LogP contribution is 2.34. The fraction of sp³-hybridized carbons (Fsp3) is 0.571. The lowest BCUT2D eigenvalue weighted by atomic mass is 10.1. The molecule has 4 nitrogen and oxygen atoms in total. The van der Waals surface area contributed by atoms with E-state index in [1.165, 1.54) is 0 Å². The fourth-order valence-corrected chi connectivity index (χ4v) is 2.90. The number of hydrogen-bond acceptors (Lipinski definition) is 4. The van der Waals surface area contributed by atoms with Gasteiger partial charge in [0, 0.05) is 6.07 Å². The van der Waals surface area contributed by atoms with Gasteiger partial charge in [0.1, 0.15) is 29.2 Å². The van der Waals surface area contributed by atoms with Crippen LogP contribution in [0, 0.1) is 0 Å². The lowest BCUT2D eigenvalue weighted by Gasteiger charge is -2.15. The number of rotatable bonds is 14. The van der Waals surface area contributed by atoms with Gasteiger partial charge in [-0.1, -0.05) is 53.3 Å². The van der Waals surface area contributed by atoms with Crippen molar-refractivity contribution in [2.24, 2.45) is 5.16 Å². The Morgan fingerprint density at radius 2 is 1.75 bits per heavy atom. The summed E-state index contributed by atoms with van der Waals surface area (Å²) in [5, 5.41) is 4.48. The predicted octanol–water partition coefficient (Wildman–Crippen LogP) is 7.34. The van der Waals surface area contributed by atoms with E-state index in [0.29, 0.717) is 24.0 Å². The SMILES string of the molecule is CCCc1cc(OCC=C(Cl)Cl)cc(Cl)c1OCCCCCCON=C(C)C. The van der Waals surface area contributed by atoms with Gasteiger partial charge >= 0.3 is 0 Å². The Morgan fingerprint density at radius 3 is 2.39 bits per heavy atom. The van der Waals surface area contributed by atoms with Crippen molar-refractivity contribution in [2.75, 3.05) is 19.8 Å². The number of oxime groups is 1. The quantitative estimate of drug-likeness (QED) is 0.169. The van der Waals surface area contributed by atoms with Crippen LogP contribution in [-0.4, -0.2) is 25.5 Å². The third-order valence-electron chi connectivity index (χ3n) is 3.72. The van der Waals surface area contributed by atoms with Crippen molar-refractivity contribution in [2.45, 2.75) is 59.3 Å². The van der Waals surface area contributed by atoms with Crippen LogP contribution in [0.4, 0.5) is 0 Å². The minimum Gasteiger partial charge on any atom is -0.492 e. The molecule has 0 spiro atoms. The monoisotopic (exact) mass is 449 g/mol. The first-order valence-electron chi connectivity index (χ1n) is 9.66. The summed E-state index contributed by atoms with van der Waals surface area (Å²) in [6, 6.07) is 3.73. The number of halogens is 3. The molecule has 0 amide bonds. The number of aryl methyl sites for hydroxylation is 1. The van der Waals surface area contributed by atoms with Crippen molar-refractivity contribution in [1.29, 1.82) is 0 Å². The molecular formula is C21H30Cl3NO3. The first kappa shape index (κ1) is 24.9. The van der Waals surface area contributed by atoms with E-state index in [0.717, 1.165) is 55.5 Å². The molecule has 7 heteroatoms. The van der Waals surface area contributed by atoms with E-state index in [-0.39, 0.29) is 11.1 Å². The molecule has 0 fully saturated rings. The summed E-state index contributed by atoms with van der Waals surface area (Å²) in [5.74, 6) is 1.43. The molecule has 1 aromatic carbocycles. The molecule has 158 valence electrons. The molecule has 0 radical (unpaired) electrons. The van der Waals surface area contributed by atoms with Crippen LogP contribution in [0.3, 0.4) is 0 Å². The third-order valence-corrected chi connectivity index (χ3v) is 4.31. The maximum absolute atomic E-state index is 6.43. The Labute approximate surface area is 183 Å². The van der Waals surface area contributed by atoms with Gasteiger partial charge < -0.3 is 14.3 Å². The number of ether oxygens (including phenoxy) is 2. The molecule has 0 bridgehead atoms. The number of benzene rings is 1. The second-order valence-corrected chi connectivity index (χ2v) is 8.00. The summed E-state index contributed by atoms with van der Waals surface area (Å²) in [6.45, 7) is 7.53. The molecule has 0 aliphatic rings.